The molecule has 26 heavy (non-hydrogen) atoms. The van der Waals surface area contributed by atoms with Crippen LogP contribution in [0.4, 0.5) is 0 Å². The van der Waals surface area contributed by atoms with Crippen molar-refractivity contribution in [3.63, 3.8) is 0 Å². The van der Waals surface area contributed by atoms with Gasteiger partial charge in [0, 0.05) is 20.6 Å². The number of fused-ring (bicyclic) bond motifs is 1. The maximum atomic E-state index is 12.8. The number of hydrogen-bond acceptors (Lipinski definition) is 3. The maximum Gasteiger partial charge on any atom is 0.379 e. The van der Waals surface area contributed by atoms with Gasteiger partial charge in [0.1, 0.15) is 0 Å². The van der Waals surface area contributed by atoms with E-state index < -0.39 is 11.8 Å². The highest BCUT2D eigenvalue weighted by molar-refractivity contribution is 9.10. The van der Waals surface area contributed by atoms with Gasteiger partial charge < -0.3 is 4.74 Å². The highest BCUT2D eigenvalue weighted by atomic mass is 79.9. The molecule has 0 aromatic heterocycles. The average molecular weight is 432 g/mol. The first-order valence-electron chi connectivity index (χ1n) is 8.13. The third kappa shape index (κ3) is 3.39. The Hall–Kier alpha value is -2.17. The molecule has 0 fully saturated rings. The fourth-order valence-corrected chi connectivity index (χ4v) is 3.64. The Kier molecular flexibility index (Phi) is 5.44. The van der Waals surface area contributed by atoms with Crippen molar-refractivity contribution in [3.8, 4) is 11.1 Å². The average Bonchev–Trinajstić information content (AvgIpc) is 2.62. The Morgan fingerprint density at radius 3 is 2.42 bits per heavy atom. The van der Waals surface area contributed by atoms with E-state index in [1.807, 2.05) is 43.3 Å². The van der Waals surface area contributed by atoms with Crippen LogP contribution in [0.5, 0.6) is 0 Å². The van der Waals surface area contributed by atoms with Crippen molar-refractivity contribution in [2.45, 2.75) is 13.8 Å². The first-order chi connectivity index (χ1) is 12.4. The lowest BCUT2D eigenvalue weighted by atomic mass is 9.88. The molecular weight excluding hydrogens is 416 g/mol. The number of rotatable bonds is 4. The van der Waals surface area contributed by atoms with Crippen molar-refractivity contribution in [3.05, 3.63) is 69.2 Å². The highest BCUT2D eigenvalue weighted by Gasteiger charge is 2.25. The second kappa shape index (κ2) is 7.60. The van der Waals surface area contributed by atoms with Gasteiger partial charge >= 0.3 is 5.97 Å². The van der Waals surface area contributed by atoms with Gasteiger partial charge in [-0.15, -0.1) is 0 Å². The van der Waals surface area contributed by atoms with Gasteiger partial charge in [0.2, 0.25) is 0 Å². The predicted molar refractivity (Wildman–Crippen MR) is 108 cm³/mol. The summed E-state index contributed by atoms with van der Waals surface area (Å²) in [6.07, 6.45) is 0. The molecule has 0 aliphatic heterocycles. The summed E-state index contributed by atoms with van der Waals surface area (Å²) in [5, 5.41) is 2.44. The van der Waals surface area contributed by atoms with E-state index in [-0.39, 0.29) is 6.61 Å². The van der Waals surface area contributed by atoms with Crippen LogP contribution >= 0.6 is 27.5 Å². The molecule has 0 amide bonds. The van der Waals surface area contributed by atoms with E-state index in [0.717, 1.165) is 20.8 Å². The zero-order valence-corrected chi connectivity index (χ0v) is 16.6. The molecule has 0 aliphatic rings. The van der Waals surface area contributed by atoms with Crippen LogP contribution in [0.25, 0.3) is 21.9 Å². The third-order valence-corrected chi connectivity index (χ3v) is 5.09. The molecule has 5 heteroatoms. The van der Waals surface area contributed by atoms with E-state index in [4.69, 9.17) is 16.3 Å². The van der Waals surface area contributed by atoms with Crippen LogP contribution in [0.3, 0.4) is 0 Å². The molecule has 3 aromatic carbocycles. The molecule has 0 saturated carbocycles. The van der Waals surface area contributed by atoms with Crippen LogP contribution in [0.15, 0.2) is 53.0 Å². The van der Waals surface area contributed by atoms with Gasteiger partial charge in [-0.1, -0.05) is 51.8 Å². The molecule has 0 unspecified atom stereocenters. The topological polar surface area (TPSA) is 43.4 Å². The fraction of sp³-hybridized carbons (Fsp3) is 0.143. The molecule has 0 heterocycles. The molecule has 3 nitrogen and oxygen atoms in total. The predicted octanol–water partition coefficient (Wildman–Crippen LogP) is 5.98. The van der Waals surface area contributed by atoms with Crippen LogP contribution in [-0.4, -0.2) is 18.4 Å². The van der Waals surface area contributed by atoms with Gasteiger partial charge in [-0.05, 0) is 60.0 Å². The van der Waals surface area contributed by atoms with Crippen molar-refractivity contribution in [2.24, 2.45) is 0 Å². The number of ether oxygens (including phenoxy) is 1. The summed E-state index contributed by atoms with van der Waals surface area (Å²) in [4.78, 5) is 25.0. The van der Waals surface area contributed by atoms with Crippen molar-refractivity contribution >= 4 is 50.1 Å². The zero-order valence-electron chi connectivity index (χ0n) is 14.3. The minimum Gasteiger partial charge on any atom is -0.460 e. The third-order valence-electron chi connectivity index (χ3n) is 4.15. The standard InChI is InChI=1S/C21H16BrClO3/c1-3-26-21(25)20(24)18-12(2)11-16-15(5-4-6-17(16)22)19(18)13-7-9-14(23)10-8-13/h4-11H,3H2,1-2H3. The monoisotopic (exact) mass is 430 g/mol. The zero-order chi connectivity index (χ0) is 18.8. The summed E-state index contributed by atoms with van der Waals surface area (Å²) < 4.78 is 5.86. The largest absolute Gasteiger partial charge is 0.460 e. The lowest BCUT2D eigenvalue weighted by Crippen LogP contribution is -2.19. The first-order valence-corrected chi connectivity index (χ1v) is 9.30. The smallest absolute Gasteiger partial charge is 0.379 e. The molecule has 0 bridgehead atoms. The van der Waals surface area contributed by atoms with Crippen molar-refractivity contribution in [1.82, 2.24) is 0 Å². The van der Waals surface area contributed by atoms with Crippen LogP contribution < -0.4 is 0 Å². The number of hydrogen-bond donors (Lipinski definition) is 0. The summed E-state index contributed by atoms with van der Waals surface area (Å²) >= 11 is 9.59. The molecule has 0 atom stereocenters. The number of carbonyl (C=O) groups is 2. The Morgan fingerprint density at radius 1 is 1.08 bits per heavy atom. The number of aryl methyl sites for hydroxylation is 1. The number of esters is 1. The number of halogens is 2. The summed E-state index contributed by atoms with van der Waals surface area (Å²) in [6.45, 7) is 3.65. The van der Waals surface area contributed by atoms with Gasteiger partial charge in [0.25, 0.3) is 5.78 Å². The Morgan fingerprint density at radius 2 is 1.77 bits per heavy atom. The highest BCUT2D eigenvalue weighted by Crippen LogP contribution is 2.38. The minimum absolute atomic E-state index is 0.152. The van der Waals surface area contributed by atoms with Crippen molar-refractivity contribution in [1.29, 1.82) is 0 Å². The van der Waals surface area contributed by atoms with Gasteiger partial charge in [-0.2, -0.15) is 0 Å². The minimum atomic E-state index is -0.847. The van der Waals surface area contributed by atoms with Crippen LogP contribution in [0, 0.1) is 6.92 Å². The van der Waals surface area contributed by atoms with Crippen molar-refractivity contribution < 1.29 is 14.3 Å². The Labute approximate surface area is 165 Å². The van der Waals surface area contributed by atoms with E-state index in [9.17, 15) is 9.59 Å². The molecule has 0 radical (unpaired) electrons. The Balaban J connectivity index is 2.38. The lowest BCUT2D eigenvalue weighted by molar-refractivity contribution is -0.137. The molecule has 3 rings (SSSR count). The fourth-order valence-electron chi connectivity index (χ4n) is 3.03. The summed E-state index contributed by atoms with van der Waals surface area (Å²) in [7, 11) is 0. The van der Waals surface area contributed by atoms with Crippen molar-refractivity contribution in [2.75, 3.05) is 6.61 Å². The normalized spacial score (nSPS) is 10.8. The summed E-state index contributed by atoms with van der Waals surface area (Å²) in [6, 6.07) is 14.9. The van der Waals surface area contributed by atoms with Crippen LogP contribution in [0.1, 0.15) is 22.8 Å². The molecule has 3 aromatic rings. The first kappa shape index (κ1) is 18.6. The maximum absolute atomic E-state index is 12.8. The summed E-state index contributed by atoms with van der Waals surface area (Å²) in [5.74, 6) is -1.49. The molecule has 132 valence electrons. The quantitative estimate of drug-likeness (QED) is 0.290. The summed E-state index contributed by atoms with van der Waals surface area (Å²) in [5.41, 5.74) is 2.59. The van der Waals surface area contributed by atoms with E-state index in [1.54, 1.807) is 19.1 Å². The molecule has 0 aliphatic carbocycles. The van der Waals surface area contributed by atoms with E-state index >= 15 is 0 Å². The van der Waals surface area contributed by atoms with Gasteiger partial charge in [-0.3, -0.25) is 4.79 Å². The molecular formula is C21H16BrClO3. The van der Waals surface area contributed by atoms with Crippen LogP contribution in [-0.2, 0) is 9.53 Å². The molecule has 0 saturated heterocycles. The SMILES string of the molecule is CCOC(=O)C(=O)c1c(C)cc2c(Br)cccc2c1-c1ccc(Cl)cc1. The van der Waals surface area contributed by atoms with Crippen LogP contribution in [0.2, 0.25) is 5.02 Å². The van der Waals surface area contributed by atoms with Gasteiger partial charge in [0.15, 0.2) is 0 Å². The lowest BCUT2D eigenvalue weighted by Gasteiger charge is -2.16. The number of ketones is 1. The van der Waals surface area contributed by atoms with E-state index in [2.05, 4.69) is 15.9 Å². The van der Waals surface area contributed by atoms with E-state index in [1.165, 1.54) is 0 Å². The van der Waals surface area contributed by atoms with E-state index in [0.29, 0.717) is 21.7 Å². The second-order valence-corrected chi connectivity index (χ2v) is 7.13. The Bertz CT molecular complexity index is 1010. The number of Topliss-reactive ketones (excluding diaryl/α,β-unsaturated/α-hetero) is 1. The second-order valence-electron chi connectivity index (χ2n) is 5.83. The number of carbonyl (C=O) groups excluding carboxylic acids is 2. The molecule has 0 spiro atoms. The molecule has 0 N–H and O–H groups in total. The number of benzene rings is 3. The van der Waals surface area contributed by atoms with Gasteiger partial charge in [-0.25, -0.2) is 4.79 Å². The van der Waals surface area contributed by atoms with Gasteiger partial charge in [0.05, 0.1) is 6.61 Å².